The molecule has 0 atom stereocenters. The van der Waals surface area contributed by atoms with Crippen LogP contribution in [0.4, 0.5) is 0 Å². The van der Waals surface area contributed by atoms with Crippen molar-refractivity contribution < 1.29 is 0 Å². The molecular weight excluding hydrogens is 717 g/mol. The van der Waals surface area contributed by atoms with Crippen molar-refractivity contribution in [3.05, 3.63) is 211 Å². The summed E-state index contributed by atoms with van der Waals surface area (Å²) in [6.45, 7) is 6.79. The van der Waals surface area contributed by atoms with Crippen molar-refractivity contribution in [1.82, 2.24) is 0 Å². The number of benzene rings is 10. The van der Waals surface area contributed by atoms with Gasteiger partial charge in [-0.1, -0.05) is 182 Å². The molecule has 276 valence electrons. The zero-order valence-corrected chi connectivity index (χ0v) is 33.8. The molecule has 0 aliphatic rings. The molecule has 0 heterocycles. The van der Waals surface area contributed by atoms with Crippen molar-refractivity contribution >= 4 is 44.9 Å². The summed E-state index contributed by atoms with van der Waals surface area (Å²) in [6.07, 6.45) is 0. The third kappa shape index (κ3) is 6.02. The van der Waals surface area contributed by atoms with Crippen LogP contribution in [0.1, 0.15) is 16.7 Å². The smallest absolute Gasteiger partial charge is 0.0197 e. The molecule has 0 unspecified atom stereocenters. The fourth-order valence-corrected chi connectivity index (χ4v) is 9.66. The van der Waals surface area contributed by atoms with E-state index in [-0.39, 0.29) is 0 Å². The Kier molecular flexibility index (Phi) is 9.04. The third-order valence-electron chi connectivity index (χ3n) is 12.2. The van der Waals surface area contributed by atoms with E-state index in [0.29, 0.717) is 0 Å². The molecule has 0 N–H and O–H groups in total. The summed E-state index contributed by atoms with van der Waals surface area (Å²) in [5, 5.41) is 7.78. The van der Waals surface area contributed by atoms with Crippen LogP contribution in [0.2, 0.25) is 0 Å². The molecule has 0 amide bonds. The lowest BCUT2D eigenvalue weighted by Gasteiger charge is -2.18. The van der Waals surface area contributed by atoms with Gasteiger partial charge in [0.25, 0.3) is 0 Å². The molecule has 0 saturated heterocycles. The molecule has 0 saturated carbocycles. The maximum Gasteiger partial charge on any atom is 0.0197 e. The average Bonchev–Trinajstić information content (AvgIpc) is 3.27. The van der Waals surface area contributed by atoms with Crippen molar-refractivity contribution in [3.63, 3.8) is 0 Å². The van der Waals surface area contributed by atoms with Gasteiger partial charge in [0.05, 0.1) is 0 Å². The minimum absolute atomic E-state index is 0.997. The number of hydrogen-bond acceptors (Lipinski definition) is 1. The van der Waals surface area contributed by atoms with Crippen LogP contribution < -0.4 is 0 Å². The molecular formula is C57H42S. The number of fused-ring (bicyclic) bond motifs is 6. The van der Waals surface area contributed by atoms with Gasteiger partial charge in [-0.25, -0.2) is 0 Å². The van der Waals surface area contributed by atoms with Crippen molar-refractivity contribution in [1.29, 1.82) is 0 Å². The summed E-state index contributed by atoms with van der Waals surface area (Å²) < 4.78 is 0. The summed E-state index contributed by atoms with van der Waals surface area (Å²) in [5.74, 6) is 0. The highest BCUT2D eigenvalue weighted by molar-refractivity contribution is 7.80. The maximum atomic E-state index is 5.09. The topological polar surface area (TPSA) is 0 Å². The number of hydrogen-bond donors (Lipinski definition) is 1. The Hall–Kier alpha value is -6.67. The molecule has 10 rings (SSSR count). The molecule has 0 spiro atoms. The van der Waals surface area contributed by atoms with Crippen LogP contribution in [0.5, 0.6) is 0 Å². The van der Waals surface area contributed by atoms with E-state index in [1.54, 1.807) is 0 Å². The maximum absolute atomic E-state index is 5.09. The van der Waals surface area contributed by atoms with Gasteiger partial charge in [0.15, 0.2) is 0 Å². The van der Waals surface area contributed by atoms with E-state index in [4.69, 9.17) is 12.6 Å². The number of thiol groups is 1. The molecule has 0 aliphatic heterocycles. The third-order valence-corrected chi connectivity index (χ3v) is 12.7. The molecule has 0 aromatic heterocycles. The van der Waals surface area contributed by atoms with Crippen LogP contribution >= 0.6 is 12.6 Å². The van der Waals surface area contributed by atoms with Crippen LogP contribution in [0.3, 0.4) is 0 Å². The lowest BCUT2D eigenvalue weighted by molar-refractivity contribution is 1.39. The van der Waals surface area contributed by atoms with Gasteiger partial charge < -0.3 is 0 Å². The largest absolute Gasteiger partial charge is 0.142 e. The SMILES string of the molecule is Cc1c(-c2cccc(-c3cccc(-c4cccc(-c5ccccc5)c4S)c3C)c2)cccc1-c1cccc(-c2ccc3c4ccccc4c4ccccc4c3c2)c1C. The molecule has 0 fully saturated rings. The van der Waals surface area contributed by atoms with Crippen molar-refractivity contribution in [2.45, 2.75) is 25.7 Å². The molecule has 58 heavy (non-hydrogen) atoms. The molecule has 10 aromatic carbocycles. The van der Waals surface area contributed by atoms with Gasteiger partial charge >= 0.3 is 0 Å². The average molecular weight is 759 g/mol. The second kappa shape index (κ2) is 14.7. The van der Waals surface area contributed by atoms with Crippen molar-refractivity contribution in [3.8, 4) is 66.8 Å². The fourth-order valence-electron chi connectivity index (χ4n) is 9.26. The first-order valence-electron chi connectivity index (χ1n) is 20.1. The summed E-state index contributed by atoms with van der Waals surface area (Å²) in [7, 11) is 0. The zero-order chi connectivity index (χ0) is 39.3. The Morgan fingerprint density at radius 3 is 1.10 bits per heavy atom. The van der Waals surface area contributed by atoms with E-state index in [9.17, 15) is 0 Å². The van der Waals surface area contributed by atoms with E-state index < -0.39 is 0 Å². The van der Waals surface area contributed by atoms with Crippen LogP contribution in [0.25, 0.3) is 99.1 Å². The molecule has 0 aliphatic carbocycles. The summed E-state index contributed by atoms with van der Waals surface area (Å²) in [5.41, 5.74) is 18.4. The van der Waals surface area contributed by atoms with Gasteiger partial charge in [-0.3, -0.25) is 0 Å². The fraction of sp³-hybridized carbons (Fsp3) is 0.0526. The van der Waals surface area contributed by atoms with E-state index >= 15 is 0 Å². The van der Waals surface area contributed by atoms with E-state index in [0.717, 1.165) is 16.0 Å². The van der Waals surface area contributed by atoms with Crippen LogP contribution in [0.15, 0.2) is 199 Å². The Labute approximate surface area is 346 Å². The summed E-state index contributed by atoms with van der Waals surface area (Å²) >= 11 is 5.09. The van der Waals surface area contributed by atoms with Gasteiger partial charge in [-0.2, -0.15) is 0 Å². The van der Waals surface area contributed by atoms with Gasteiger partial charge in [0, 0.05) is 4.90 Å². The Morgan fingerprint density at radius 1 is 0.241 bits per heavy atom. The predicted molar refractivity (Wildman–Crippen MR) is 253 cm³/mol. The quantitative estimate of drug-likeness (QED) is 0.127. The van der Waals surface area contributed by atoms with Gasteiger partial charge in [-0.15, -0.1) is 12.6 Å². The molecule has 0 radical (unpaired) electrons. The Morgan fingerprint density at radius 2 is 0.586 bits per heavy atom. The minimum atomic E-state index is 0.997. The van der Waals surface area contributed by atoms with Crippen molar-refractivity contribution in [2.75, 3.05) is 0 Å². The van der Waals surface area contributed by atoms with E-state index in [1.807, 2.05) is 0 Å². The predicted octanol–water partition coefficient (Wildman–Crippen LogP) is 16.4. The van der Waals surface area contributed by atoms with Crippen LogP contribution in [-0.4, -0.2) is 0 Å². The number of rotatable bonds is 6. The summed E-state index contributed by atoms with van der Waals surface area (Å²) in [4.78, 5) is 0.997. The highest BCUT2D eigenvalue weighted by Crippen LogP contribution is 2.42. The molecule has 0 nitrogen and oxygen atoms in total. The first kappa shape index (κ1) is 35.7. The highest BCUT2D eigenvalue weighted by atomic mass is 32.1. The first-order chi connectivity index (χ1) is 28.5. The minimum Gasteiger partial charge on any atom is -0.142 e. The lowest BCUT2D eigenvalue weighted by atomic mass is 9.86. The molecule has 0 bridgehead atoms. The second-order valence-corrected chi connectivity index (χ2v) is 15.9. The monoisotopic (exact) mass is 758 g/mol. The summed E-state index contributed by atoms with van der Waals surface area (Å²) in [6, 6.07) is 70.8. The Balaban J connectivity index is 1.03. The van der Waals surface area contributed by atoms with E-state index in [1.165, 1.54) is 105 Å². The normalized spacial score (nSPS) is 11.4. The van der Waals surface area contributed by atoms with Crippen molar-refractivity contribution in [2.24, 2.45) is 0 Å². The Bertz CT molecular complexity index is 3170. The second-order valence-electron chi connectivity index (χ2n) is 15.4. The first-order valence-corrected chi connectivity index (χ1v) is 20.5. The van der Waals surface area contributed by atoms with E-state index in [2.05, 4.69) is 215 Å². The van der Waals surface area contributed by atoms with Crippen LogP contribution in [0, 0.1) is 20.8 Å². The highest BCUT2D eigenvalue weighted by Gasteiger charge is 2.17. The van der Waals surface area contributed by atoms with Gasteiger partial charge in [-0.05, 0) is 149 Å². The van der Waals surface area contributed by atoms with Gasteiger partial charge in [0.1, 0.15) is 0 Å². The zero-order valence-electron chi connectivity index (χ0n) is 32.9. The van der Waals surface area contributed by atoms with Gasteiger partial charge in [0.2, 0.25) is 0 Å². The standard InChI is InChI=1S/C57H42S/c1-36-43(40-18-11-19-41(34-40)44-25-14-29-48(38(44)3)55-31-15-30-49(57(55)58)39-16-5-4-6-17-39)24-12-27-46(36)47-28-13-26-45(37(47)2)42-32-33-54-52-22-8-7-20-50(52)51-21-9-10-23-53(51)56(54)35-42/h4-35,58H,1-3H3. The molecule has 1 heteroatoms. The van der Waals surface area contributed by atoms with Crippen LogP contribution in [-0.2, 0) is 0 Å². The lowest BCUT2D eigenvalue weighted by Crippen LogP contribution is -1.94. The molecule has 10 aromatic rings.